The van der Waals surface area contributed by atoms with E-state index in [1.807, 2.05) is 22.8 Å². The molecule has 2 aromatic carbocycles. The third kappa shape index (κ3) is 2.49. The van der Waals surface area contributed by atoms with E-state index in [0.717, 1.165) is 21.2 Å². The van der Waals surface area contributed by atoms with Crippen LogP contribution in [-0.4, -0.2) is 9.55 Å². The van der Waals surface area contributed by atoms with Crippen molar-refractivity contribution in [2.75, 3.05) is 0 Å². The highest BCUT2D eigenvalue weighted by molar-refractivity contribution is 14.1. The zero-order chi connectivity index (χ0) is 13.6. The van der Waals surface area contributed by atoms with E-state index in [1.165, 1.54) is 3.57 Å². The first kappa shape index (κ1) is 13.6. The number of rotatable bonds is 1. The van der Waals surface area contributed by atoms with Crippen LogP contribution in [0.5, 0.6) is 0 Å². The van der Waals surface area contributed by atoms with Crippen LogP contribution in [0.3, 0.4) is 0 Å². The quantitative estimate of drug-likeness (QED) is 0.361. The summed E-state index contributed by atoms with van der Waals surface area (Å²) in [6, 6.07) is 12.0. The second-order valence-electron chi connectivity index (χ2n) is 4.03. The molecule has 0 fully saturated rings. The van der Waals surface area contributed by atoms with Crippen LogP contribution >= 0.6 is 62.3 Å². The zero-order valence-corrected chi connectivity index (χ0v) is 14.8. The Balaban J connectivity index is 2.32. The number of aromatic nitrogens is 2. The van der Waals surface area contributed by atoms with Crippen molar-refractivity contribution in [2.24, 2.45) is 0 Å². The molecule has 2 nitrogen and oxygen atoms in total. The van der Waals surface area contributed by atoms with Gasteiger partial charge >= 0.3 is 0 Å². The Morgan fingerprint density at radius 2 is 2.00 bits per heavy atom. The molecule has 0 amide bonds. The highest BCUT2D eigenvalue weighted by atomic mass is 127. The number of halogens is 3. The molecule has 0 aliphatic rings. The monoisotopic (exact) mass is 464 g/mol. The summed E-state index contributed by atoms with van der Waals surface area (Å²) < 4.78 is 4.70. The molecule has 3 rings (SSSR count). The largest absolute Gasteiger partial charge is 0.330 e. The number of imidazole rings is 1. The lowest BCUT2D eigenvalue weighted by molar-refractivity contribution is 1.06. The maximum Gasteiger partial charge on any atom is 0.182 e. The number of nitrogens with one attached hydrogen (secondary N) is 1. The van der Waals surface area contributed by atoms with Gasteiger partial charge in [0.15, 0.2) is 4.77 Å². The molecule has 19 heavy (non-hydrogen) atoms. The molecule has 0 unspecified atom stereocenters. The minimum absolute atomic E-state index is 0.672. The lowest BCUT2D eigenvalue weighted by Gasteiger charge is -2.06. The van der Waals surface area contributed by atoms with Crippen molar-refractivity contribution in [3.8, 4) is 5.69 Å². The van der Waals surface area contributed by atoms with Crippen molar-refractivity contribution in [2.45, 2.75) is 0 Å². The Labute approximate surface area is 142 Å². The Morgan fingerprint density at radius 1 is 1.21 bits per heavy atom. The number of aromatic amines is 1. The Morgan fingerprint density at radius 3 is 2.74 bits per heavy atom. The zero-order valence-electron chi connectivity index (χ0n) is 9.45. The van der Waals surface area contributed by atoms with Crippen LogP contribution in [0.1, 0.15) is 0 Å². The lowest BCUT2D eigenvalue weighted by atomic mass is 10.3. The first-order chi connectivity index (χ1) is 9.06. The number of fused-ring (bicyclic) bond motifs is 1. The maximum atomic E-state index is 6.03. The fraction of sp³-hybridized carbons (Fsp3) is 0. The Hall–Kier alpha value is -0.370. The summed E-state index contributed by atoms with van der Waals surface area (Å²) in [7, 11) is 0. The van der Waals surface area contributed by atoms with E-state index in [0.29, 0.717) is 9.79 Å². The summed E-state index contributed by atoms with van der Waals surface area (Å²) in [6.07, 6.45) is 0. The lowest BCUT2D eigenvalue weighted by Crippen LogP contribution is -1.93. The van der Waals surface area contributed by atoms with Gasteiger partial charge in [-0.3, -0.25) is 4.57 Å². The number of hydrogen-bond acceptors (Lipinski definition) is 1. The van der Waals surface area contributed by atoms with Gasteiger partial charge in [0.05, 0.1) is 16.1 Å². The van der Waals surface area contributed by atoms with Crippen molar-refractivity contribution in [3.63, 3.8) is 0 Å². The highest BCUT2D eigenvalue weighted by Gasteiger charge is 2.08. The van der Waals surface area contributed by atoms with Gasteiger partial charge in [0.25, 0.3) is 0 Å². The molecular formula is C13H7BrClIN2S. The van der Waals surface area contributed by atoms with Gasteiger partial charge in [-0.15, -0.1) is 0 Å². The van der Waals surface area contributed by atoms with Crippen LogP contribution in [0.25, 0.3) is 16.7 Å². The van der Waals surface area contributed by atoms with Crippen molar-refractivity contribution in [1.29, 1.82) is 0 Å². The molecule has 0 aliphatic carbocycles. The van der Waals surface area contributed by atoms with E-state index in [1.54, 1.807) is 0 Å². The Bertz CT molecular complexity index is 840. The van der Waals surface area contributed by atoms with E-state index in [9.17, 15) is 0 Å². The summed E-state index contributed by atoms with van der Waals surface area (Å²) in [5.74, 6) is 0. The number of benzene rings is 2. The van der Waals surface area contributed by atoms with Crippen LogP contribution in [0, 0.1) is 8.34 Å². The molecule has 0 aliphatic heterocycles. The maximum absolute atomic E-state index is 6.03. The van der Waals surface area contributed by atoms with E-state index >= 15 is 0 Å². The summed E-state index contributed by atoms with van der Waals surface area (Å²) in [6.45, 7) is 0. The first-order valence-corrected chi connectivity index (χ1v) is 8.08. The van der Waals surface area contributed by atoms with Gasteiger partial charge in [-0.05, 0) is 87.1 Å². The van der Waals surface area contributed by atoms with Gasteiger partial charge in [-0.1, -0.05) is 11.6 Å². The third-order valence-electron chi connectivity index (χ3n) is 2.81. The fourth-order valence-electron chi connectivity index (χ4n) is 1.96. The molecule has 0 saturated heterocycles. The molecular weight excluding hydrogens is 458 g/mol. The van der Waals surface area contributed by atoms with Crippen LogP contribution in [0.2, 0.25) is 5.02 Å². The number of nitrogens with zero attached hydrogens (tertiary/aromatic N) is 1. The molecule has 0 bridgehead atoms. The predicted molar refractivity (Wildman–Crippen MR) is 93.9 cm³/mol. The summed E-state index contributed by atoms with van der Waals surface area (Å²) >= 11 is 17.2. The molecule has 0 spiro atoms. The van der Waals surface area contributed by atoms with E-state index < -0.39 is 0 Å². The van der Waals surface area contributed by atoms with E-state index in [-0.39, 0.29) is 0 Å². The molecule has 96 valence electrons. The van der Waals surface area contributed by atoms with Gasteiger partial charge in [-0.2, -0.15) is 0 Å². The van der Waals surface area contributed by atoms with Crippen LogP contribution in [-0.2, 0) is 0 Å². The summed E-state index contributed by atoms with van der Waals surface area (Å²) in [4.78, 5) is 3.23. The third-order valence-corrected chi connectivity index (χ3v) is 4.98. The second kappa shape index (κ2) is 5.20. The molecule has 6 heteroatoms. The standard InChI is InChI=1S/C13H7BrClIN2S/c14-9-6-8(2-3-10(9)15)18-12-4-1-7(16)5-11(12)17-13(18)19/h1-6H,(H,17,19). The molecule has 1 N–H and O–H groups in total. The number of hydrogen-bond donors (Lipinski definition) is 1. The average molecular weight is 466 g/mol. The van der Waals surface area contributed by atoms with Gasteiger partial charge in [0.2, 0.25) is 0 Å². The minimum Gasteiger partial charge on any atom is -0.330 e. The van der Waals surface area contributed by atoms with Crippen molar-refractivity contribution >= 4 is 73.4 Å². The van der Waals surface area contributed by atoms with Crippen LogP contribution in [0.4, 0.5) is 0 Å². The molecule has 0 radical (unpaired) electrons. The normalized spacial score (nSPS) is 11.1. The van der Waals surface area contributed by atoms with Crippen LogP contribution < -0.4 is 0 Å². The van der Waals surface area contributed by atoms with Gasteiger partial charge < -0.3 is 4.98 Å². The topological polar surface area (TPSA) is 20.7 Å². The number of H-pyrrole nitrogens is 1. The van der Waals surface area contributed by atoms with E-state index in [2.05, 4.69) is 61.7 Å². The summed E-state index contributed by atoms with van der Waals surface area (Å²) in [5, 5.41) is 0.685. The molecule has 1 heterocycles. The molecule has 1 aromatic heterocycles. The second-order valence-corrected chi connectivity index (χ2v) is 6.92. The van der Waals surface area contributed by atoms with Crippen LogP contribution in [0.15, 0.2) is 40.9 Å². The SMILES string of the molecule is S=c1[nH]c2cc(I)ccc2n1-c1ccc(Cl)c(Br)c1. The summed E-state index contributed by atoms with van der Waals surface area (Å²) in [5.41, 5.74) is 3.07. The smallest absolute Gasteiger partial charge is 0.182 e. The van der Waals surface area contributed by atoms with Crippen molar-refractivity contribution in [1.82, 2.24) is 9.55 Å². The average Bonchev–Trinajstić information content (AvgIpc) is 2.68. The first-order valence-electron chi connectivity index (χ1n) is 5.42. The van der Waals surface area contributed by atoms with Gasteiger partial charge in [-0.25, -0.2) is 0 Å². The molecule has 3 aromatic rings. The van der Waals surface area contributed by atoms with E-state index in [4.69, 9.17) is 23.8 Å². The van der Waals surface area contributed by atoms with Crippen molar-refractivity contribution in [3.05, 3.63) is 54.2 Å². The highest BCUT2D eigenvalue weighted by Crippen LogP contribution is 2.27. The van der Waals surface area contributed by atoms with Gasteiger partial charge in [0, 0.05) is 13.7 Å². The minimum atomic E-state index is 0.672. The predicted octanol–water partition coefficient (Wildman–Crippen LogP) is 5.71. The van der Waals surface area contributed by atoms with Crippen molar-refractivity contribution < 1.29 is 0 Å². The van der Waals surface area contributed by atoms with Gasteiger partial charge in [0.1, 0.15) is 0 Å². The molecule has 0 saturated carbocycles. The fourth-order valence-corrected chi connectivity index (χ4v) is 3.25. The molecule has 0 atom stereocenters. The Kier molecular flexibility index (Phi) is 3.72.